The van der Waals surface area contributed by atoms with Crippen molar-refractivity contribution in [3.8, 4) is 0 Å². The number of hydrogen-bond acceptors (Lipinski definition) is 4. The van der Waals surface area contributed by atoms with Crippen LogP contribution in [0.3, 0.4) is 0 Å². The molecule has 0 saturated carbocycles. The minimum atomic E-state index is -0.285. The van der Waals surface area contributed by atoms with Gasteiger partial charge in [-0.1, -0.05) is 68.3 Å². The molecule has 4 heteroatoms. The van der Waals surface area contributed by atoms with Crippen LogP contribution in [0.5, 0.6) is 0 Å². The number of hydrogen-bond donors (Lipinski definition) is 3. The SMILES string of the molecule is CCC(CCCCCOCCc1ccccc1)NCC1(CO)C=CC=C(CO)C1. The van der Waals surface area contributed by atoms with E-state index in [-0.39, 0.29) is 18.6 Å². The normalized spacial score (nSPS) is 19.9. The molecule has 1 aliphatic carbocycles. The lowest BCUT2D eigenvalue weighted by Gasteiger charge is -2.33. The minimum Gasteiger partial charge on any atom is -0.395 e. The largest absolute Gasteiger partial charge is 0.395 e. The van der Waals surface area contributed by atoms with E-state index >= 15 is 0 Å². The van der Waals surface area contributed by atoms with Gasteiger partial charge in [0.15, 0.2) is 0 Å². The molecule has 0 aliphatic heterocycles. The molecule has 0 amide bonds. The Bertz CT molecular complexity index is 614. The Labute approximate surface area is 176 Å². The molecule has 1 aromatic rings. The first-order valence-electron chi connectivity index (χ1n) is 11.2. The quantitative estimate of drug-likeness (QED) is 0.388. The van der Waals surface area contributed by atoms with E-state index < -0.39 is 0 Å². The van der Waals surface area contributed by atoms with Gasteiger partial charge in [-0.25, -0.2) is 0 Å². The maximum Gasteiger partial charge on any atom is 0.0645 e. The summed E-state index contributed by atoms with van der Waals surface area (Å²) in [6, 6.07) is 10.9. The number of benzene rings is 1. The van der Waals surface area contributed by atoms with Crippen molar-refractivity contribution in [2.75, 3.05) is 33.0 Å². The third-order valence-corrected chi connectivity index (χ3v) is 5.83. The Hall–Kier alpha value is -1.46. The van der Waals surface area contributed by atoms with Crippen LogP contribution in [0.2, 0.25) is 0 Å². The maximum absolute atomic E-state index is 9.92. The Kier molecular flexibility index (Phi) is 11.3. The van der Waals surface area contributed by atoms with Gasteiger partial charge in [0.2, 0.25) is 0 Å². The first kappa shape index (κ1) is 23.8. The average molecular weight is 402 g/mol. The summed E-state index contributed by atoms with van der Waals surface area (Å²) in [5.41, 5.74) is 2.04. The molecular formula is C25H39NO3. The van der Waals surface area contributed by atoms with E-state index in [1.807, 2.05) is 18.2 Å². The second-order valence-electron chi connectivity index (χ2n) is 8.22. The summed E-state index contributed by atoms with van der Waals surface area (Å²) < 4.78 is 5.77. The van der Waals surface area contributed by atoms with Crippen molar-refractivity contribution in [3.63, 3.8) is 0 Å². The van der Waals surface area contributed by atoms with Gasteiger partial charge in [-0.15, -0.1) is 0 Å². The van der Waals surface area contributed by atoms with Crippen LogP contribution in [0.25, 0.3) is 0 Å². The summed E-state index contributed by atoms with van der Waals surface area (Å²) in [5.74, 6) is 0. The zero-order valence-corrected chi connectivity index (χ0v) is 18.0. The summed E-state index contributed by atoms with van der Waals surface area (Å²) in [5, 5.41) is 23.0. The van der Waals surface area contributed by atoms with Gasteiger partial charge in [0.05, 0.1) is 19.8 Å². The molecule has 0 heterocycles. The first-order chi connectivity index (χ1) is 14.2. The van der Waals surface area contributed by atoms with E-state index in [0.29, 0.717) is 6.04 Å². The van der Waals surface area contributed by atoms with Crippen LogP contribution in [0, 0.1) is 5.41 Å². The third-order valence-electron chi connectivity index (χ3n) is 5.83. The highest BCUT2D eigenvalue weighted by molar-refractivity contribution is 5.24. The highest BCUT2D eigenvalue weighted by Crippen LogP contribution is 2.31. The van der Waals surface area contributed by atoms with E-state index in [0.717, 1.165) is 57.4 Å². The van der Waals surface area contributed by atoms with E-state index in [9.17, 15) is 10.2 Å². The van der Waals surface area contributed by atoms with Gasteiger partial charge < -0.3 is 20.3 Å². The number of rotatable bonds is 15. The van der Waals surface area contributed by atoms with Gasteiger partial charge in [-0.2, -0.15) is 0 Å². The zero-order chi connectivity index (χ0) is 20.8. The predicted molar refractivity (Wildman–Crippen MR) is 120 cm³/mol. The molecular weight excluding hydrogens is 362 g/mol. The van der Waals surface area contributed by atoms with E-state index in [1.54, 1.807) is 0 Å². The lowest BCUT2D eigenvalue weighted by Crippen LogP contribution is -2.41. The van der Waals surface area contributed by atoms with Crippen molar-refractivity contribution in [2.45, 2.75) is 57.9 Å². The molecule has 0 bridgehead atoms. The number of unbranched alkanes of at least 4 members (excludes halogenated alkanes) is 2. The van der Waals surface area contributed by atoms with Crippen LogP contribution in [0.1, 0.15) is 51.0 Å². The lowest BCUT2D eigenvalue weighted by atomic mass is 9.78. The van der Waals surface area contributed by atoms with Crippen molar-refractivity contribution in [1.82, 2.24) is 5.32 Å². The Morgan fingerprint density at radius 1 is 1.10 bits per heavy atom. The Morgan fingerprint density at radius 2 is 1.93 bits per heavy atom. The van der Waals surface area contributed by atoms with E-state index in [4.69, 9.17) is 4.74 Å². The lowest BCUT2D eigenvalue weighted by molar-refractivity contribution is 0.132. The highest BCUT2D eigenvalue weighted by atomic mass is 16.5. The van der Waals surface area contributed by atoms with Gasteiger partial charge in [0.25, 0.3) is 0 Å². The molecule has 2 rings (SSSR count). The zero-order valence-electron chi connectivity index (χ0n) is 18.0. The van der Waals surface area contributed by atoms with Gasteiger partial charge in [0, 0.05) is 24.6 Å². The van der Waals surface area contributed by atoms with Gasteiger partial charge in [0.1, 0.15) is 0 Å². The van der Waals surface area contributed by atoms with Crippen LogP contribution >= 0.6 is 0 Å². The second-order valence-corrected chi connectivity index (χ2v) is 8.22. The molecule has 0 spiro atoms. The molecule has 2 unspecified atom stereocenters. The number of aliphatic hydroxyl groups excluding tert-OH is 2. The molecule has 2 atom stereocenters. The third kappa shape index (κ3) is 8.83. The molecule has 3 N–H and O–H groups in total. The Balaban J connectivity index is 1.55. The van der Waals surface area contributed by atoms with Crippen LogP contribution < -0.4 is 5.32 Å². The molecule has 0 fully saturated rings. The fourth-order valence-electron chi connectivity index (χ4n) is 3.86. The maximum atomic E-state index is 9.92. The van der Waals surface area contributed by atoms with Gasteiger partial charge >= 0.3 is 0 Å². The van der Waals surface area contributed by atoms with Crippen molar-refractivity contribution in [2.24, 2.45) is 5.41 Å². The molecule has 162 valence electrons. The van der Waals surface area contributed by atoms with Gasteiger partial charge in [-0.05, 0) is 43.2 Å². The minimum absolute atomic E-state index is 0.0662. The monoisotopic (exact) mass is 401 g/mol. The van der Waals surface area contributed by atoms with Crippen molar-refractivity contribution < 1.29 is 14.9 Å². The molecule has 0 radical (unpaired) electrons. The molecule has 4 nitrogen and oxygen atoms in total. The van der Waals surface area contributed by atoms with Crippen LogP contribution in [0.4, 0.5) is 0 Å². The summed E-state index contributed by atoms with van der Waals surface area (Å²) in [6.45, 7) is 4.77. The summed E-state index contributed by atoms with van der Waals surface area (Å²) in [4.78, 5) is 0. The molecule has 1 aliphatic rings. The van der Waals surface area contributed by atoms with E-state index in [2.05, 4.69) is 42.6 Å². The Morgan fingerprint density at radius 3 is 2.66 bits per heavy atom. The number of allylic oxidation sites excluding steroid dienone is 2. The molecule has 1 aromatic carbocycles. The second kappa shape index (κ2) is 13.7. The van der Waals surface area contributed by atoms with Crippen LogP contribution in [-0.4, -0.2) is 49.2 Å². The number of ether oxygens (including phenoxy) is 1. The topological polar surface area (TPSA) is 61.7 Å². The number of nitrogens with one attached hydrogen (secondary N) is 1. The molecule has 0 saturated heterocycles. The average Bonchev–Trinajstić information content (AvgIpc) is 2.78. The fourth-order valence-corrected chi connectivity index (χ4v) is 3.86. The predicted octanol–water partition coefficient (Wildman–Crippen LogP) is 4.03. The highest BCUT2D eigenvalue weighted by Gasteiger charge is 2.29. The van der Waals surface area contributed by atoms with Crippen LogP contribution in [0.15, 0.2) is 54.1 Å². The van der Waals surface area contributed by atoms with Crippen molar-refractivity contribution in [1.29, 1.82) is 0 Å². The smallest absolute Gasteiger partial charge is 0.0645 e. The van der Waals surface area contributed by atoms with E-state index in [1.165, 1.54) is 18.4 Å². The van der Waals surface area contributed by atoms with Gasteiger partial charge in [-0.3, -0.25) is 0 Å². The van der Waals surface area contributed by atoms with Crippen molar-refractivity contribution >= 4 is 0 Å². The summed E-state index contributed by atoms with van der Waals surface area (Å²) >= 11 is 0. The van der Waals surface area contributed by atoms with Crippen LogP contribution in [-0.2, 0) is 11.2 Å². The molecule has 29 heavy (non-hydrogen) atoms. The fraction of sp³-hybridized carbons (Fsp3) is 0.600. The number of aliphatic hydroxyl groups is 2. The summed E-state index contributed by atoms with van der Waals surface area (Å²) in [7, 11) is 0. The standard InChI is InChI=1S/C25H39NO3/c1-2-24(26-20-25(21-28)15-9-12-23(18-25)19-27)13-7-4-8-16-29-17-14-22-10-5-3-6-11-22/h3,5-6,9-12,15,24,26-28H,2,4,7-8,13-14,16-21H2,1H3. The molecule has 0 aromatic heterocycles. The van der Waals surface area contributed by atoms with Crippen molar-refractivity contribution in [3.05, 3.63) is 59.7 Å². The first-order valence-corrected chi connectivity index (χ1v) is 11.2. The summed E-state index contributed by atoms with van der Waals surface area (Å²) in [6.07, 6.45) is 13.4.